The summed E-state index contributed by atoms with van der Waals surface area (Å²) >= 11 is 0. The first-order chi connectivity index (χ1) is 8.17. The lowest BCUT2D eigenvalue weighted by Crippen LogP contribution is -2.35. The van der Waals surface area contributed by atoms with E-state index < -0.39 is 0 Å². The van der Waals surface area contributed by atoms with Crippen molar-refractivity contribution in [1.29, 1.82) is 0 Å². The van der Waals surface area contributed by atoms with Crippen LogP contribution >= 0.6 is 0 Å². The van der Waals surface area contributed by atoms with Crippen LogP contribution in [-0.4, -0.2) is 25.2 Å². The fraction of sp³-hybridized carbons (Fsp3) is 0.462. The van der Waals surface area contributed by atoms with E-state index in [0.29, 0.717) is 25.3 Å². The number of nitrogens with one attached hydrogen (secondary N) is 1. The maximum atomic E-state index is 11.9. The van der Waals surface area contributed by atoms with E-state index in [1.165, 1.54) is 0 Å². The van der Waals surface area contributed by atoms with Gasteiger partial charge in [-0.3, -0.25) is 4.79 Å². The van der Waals surface area contributed by atoms with E-state index in [1.54, 1.807) is 6.07 Å². The van der Waals surface area contributed by atoms with Gasteiger partial charge in [0.25, 0.3) is 5.91 Å². The molecule has 1 unspecified atom stereocenters. The summed E-state index contributed by atoms with van der Waals surface area (Å²) in [6, 6.07) is 7.33. The monoisotopic (exact) mass is 236 g/mol. The highest BCUT2D eigenvalue weighted by Gasteiger charge is 2.09. The molecule has 0 aliphatic rings. The molecule has 1 atom stereocenters. The summed E-state index contributed by atoms with van der Waals surface area (Å²) in [5, 5.41) is 2.88. The van der Waals surface area contributed by atoms with Crippen molar-refractivity contribution < 1.29 is 9.53 Å². The van der Waals surface area contributed by atoms with Gasteiger partial charge >= 0.3 is 0 Å². The zero-order valence-corrected chi connectivity index (χ0v) is 10.4. The molecule has 0 bridgehead atoms. The second-order valence-corrected chi connectivity index (χ2v) is 3.94. The number of benzene rings is 1. The molecule has 94 valence electrons. The second-order valence-electron chi connectivity index (χ2n) is 3.94. The van der Waals surface area contributed by atoms with Crippen molar-refractivity contribution in [3.63, 3.8) is 0 Å². The molecule has 4 heteroatoms. The van der Waals surface area contributed by atoms with Gasteiger partial charge in [-0.1, -0.05) is 12.1 Å². The lowest BCUT2D eigenvalue weighted by Gasteiger charge is -2.13. The Labute approximate surface area is 102 Å². The van der Waals surface area contributed by atoms with E-state index in [1.807, 2.05) is 32.0 Å². The van der Waals surface area contributed by atoms with Crippen LogP contribution in [0.2, 0.25) is 0 Å². The molecule has 0 radical (unpaired) electrons. The Hall–Kier alpha value is -1.39. The van der Waals surface area contributed by atoms with Gasteiger partial charge in [0.1, 0.15) is 0 Å². The van der Waals surface area contributed by atoms with E-state index in [9.17, 15) is 4.79 Å². The summed E-state index contributed by atoms with van der Waals surface area (Å²) in [5.41, 5.74) is 7.12. The summed E-state index contributed by atoms with van der Waals surface area (Å²) in [4.78, 5) is 11.9. The highest BCUT2D eigenvalue weighted by molar-refractivity contribution is 5.94. The van der Waals surface area contributed by atoms with Crippen LogP contribution in [-0.2, 0) is 11.3 Å². The first-order valence-electron chi connectivity index (χ1n) is 5.85. The van der Waals surface area contributed by atoms with E-state index in [4.69, 9.17) is 10.5 Å². The Morgan fingerprint density at radius 3 is 2.94 bits per heavy atom. The number of amides is 1. The molecular weight excluding hydrogens is 216 g/mol. The molecule has 0 heterocycles. The third-order valence-corrected chi connectivity index (χ3v) is 2.37. The second kappa shape index (κ2) is 7.04. The average molecular weight is 236 g/mol. The largest absolute Gasteiger partial charge is 0.380 e. The zero-order valence-electron chi connectivity index (χ0n) is 10.4. The van der Waals surface area contributed by atoms with E-state index in [0.717, 1.165) is 5.56 Å². The first-order valence-corrected chi connectivity index (χ1v) is 5.85. The number of rotatable bonds is 6. The van der Waals surface area contributed by atoms with Crippen LogP contribution < -0.4 is 11.1 Å². The average Bonchev–Trinajstić information content (AvgIpc) is 2.36. The van der Waals surface area contributed by atoms with Gasteiger partial charge in [0.05, 0.1) is 6.61 Å². The maximum Gasteiger partial charge on any atom is 0.251 e. The van der Waals surface area contributed by atoms with Crippen molar-refractivity contribution in [2.45, 2.75) is 26.4 Å². The molecule has 1 rings (SSSR count). The SMILES string of the molecule is CCOCC(C)NC(=O)c1cccc(CN)c1. The summed E-state index contributed by atoms with van der Waals surface area (Å²) in [6.45, 7) is 5.47. The fourth-order valence-corrected chi connectivity index (χ4v) is 1.48. The third kappa shape index (κ3) is 4.54. The summed E-state index contributed by atoms with van der Waals surface area (Å²) < 4.78 is 5.24. The normalized spacial score (nSPS) is 12.2. The van der Waals surface area contributed by atoms with Crippen LogP contribution in [0, 0.1) is 0 Å². The van der Waals surface area contributed by atoms with Gasteiger partial charge in [0.15, 0.2) is 0 Å². The van der Waals surface area contributed by atoms with Gasteiger partial charge in [0, 0.05) is 24.8 Å². The van der Waals surface area contributed by atoms with Crippen LogP contribution in [0.15, 0.2) is 24.3 Å². The van der Waals surface area contributed by atoms with Gasteiger partial charge in [-0.2, -0.15) is 0 Å². The molecular formula is C13H20N2O2. The Morgan fingerprint density at radius 1 is 1.53 bits per heavy atom. The molecule has 0 saturated carbocycles. The van der Waals surface area contributed by atoms with Crippen molar-refractivity contribution in [2.75, 3.05) is 13.2 Å². The Balaban J connectivity index is 2.56. The predicted molar refractivity (Wildman–Crippen MR) is 67.8 cm³/mol. The third-order valence-electron chi connectivity index (χ3n) is 2.37. The van der Waals surface area contributed by atoms with Gasteiger partial charge < -0.3 is 15.8 Å². The Morgan fingerprint density at radius 2 is 2.29 bits per heavy atom. The van der Waals surface area contributed by atoms with Crippen molar-refractivity contribution in [3.05, 3.63) is 35.4 Å². The number of ether oxygens (including phenoxy) is 1. The molecule has 0 aliphatic heterocycles. The highest BCUT2D eigenvalue weighted by Crippen LogP contribution is 2.04. The fourth-order valence-electron chi connectivity index (χ4n) is 1.48. The smallest absolute Gasteiger partial charge is 0.251 e. The molecule has 1 amide bonds. The number of nitrogens with two attached hydrogens (primary N) is 1. The molecule has 0 aromatic heterocycles. The quantitative estimate of drug-likeness (QED) is 0.782. The Kier molecular flexibility index (Phi) is 5.66. The first kappa shape index (κ1) is 13.7. The minimum atomic E-state index is -0.0903. The molecule has 0 spiro atoms. The van der Waals surface area contributed by atoms with E-state index in [2.05, 4.69) is 5.32 Å². The van der Waals surface area contributed by atoms with Crippen LogP contribution in [0.5, 0.6) is 0 Å². The lowest BCUT2D eigenvalue weighted by molar-refractivity contribution is 0.0872. The van der Waals surface area contributed by atoms with Gasteiger partial charge in [-0.15, -0.1) is 0 Å². The molecule has 4 nitrogen and oxygen atoms in total. The van der Waals surface area contributed by atoms with Crippen molar-refractivity contribution in [2.24, 2.45) is 5.73 Å². The van der Waals surface area contributed by atoms with Crippen LogP contribution in [0.3, 0.4) is 0 Å². The predicted octanol–water partition coefficient (Wildman–Crippen LogP) is 1.30. The summed E-state index contributed by atoms with van der Waals surface area (Å²) in [5.74, 6) is -0.0903. The highest BCUT2D eigenvalue weighted by atomic mass is 16.5. The maximum absolute atomic E-state index is 11.9. The van der Waals surface area contributed by atoms with Gasteiger partial charge in [0.2, 0.25) is 0 Å². The van der Waals surface area contributed by atoms with Crippen LogP contribution in [0.4, 0.5) is 0 Å². The molecule has 0 aliphatic carbocycles. The standard InChI is InChI=1S/C13H20N2O2/c1-3-17-9-10(2)15-13(16)12-6-4-5-11(7-12)8-14/h4-7,10H,3,8-9,14H2,1-2H3,(H,15,16). The van der Waals surface area contributed by atoms with E-state index in [-0.39, 0.29) is 11.9 Å². The zero-order chi connectivity index (χ0) is 12.7. The number of hydrogen-bond donors (Lipinski definition) is 2. The minimum Gasteiger partial charge on any atom is -0.380 e. The summed E-state index contributed by atoms with van der Waals surface area (Å²) in [7, 11) is 0. The molecule has 1 aromatic rings. The minimum absolute atomic E-state index is 0.00369. The molecule has 0 fully saturated rings. The van der Waals surface area contributed by atoms with Crippen LogP contribution in [0.25, 0.3) is 0 Å². The lowest BCUT2D eigenvalue weighted by atomic mass is 10.1. The topological polar surface area (TPSA) is 64.3 Å². The van der Waals surface area contributed by atoms with Crippen molar-refractivity contribution in [1.82, 2.24) is 5.32 Å². The van der Waals surface area contributed by atoms with E-state index >= 15 is 0 Å². The van der Waals surface area contributed by atoms with Gasteiger partial charge in [-0.25, -0.2) is 0 Å². The van der Waals surface area contributed by atoms with Gasteiger partial charge in [-0.05, 0) is 31.5 Å². The molecule has 3 N–H and O–H groups in total. The summed E-state index contributed by atoms with van der Waals surface area (Å²) in [6.07, 6.45) is 0. The van der Waals surface area contributed by atoms with Crippen molar-refractivity contribution in [3.8, 4) is 0 Å². The molecule has 0 saturated heterocycles. The number of hydrogen-bond acceptors (Lipinski definition) is 3. The number of carbonyl (C=O) groups is 1. The van der Waals surface area contributed by atoms with Crippen molar-refractivity contribution >= 4 is 5.91 Å². The number of carbonyl (C=O) groups excluding carboxylic acids is 1. The molecule has 1 aromatic carbocycles. The molecule has 17 heavy (non-hydrogen) atoms. The van der Waals surface area contributed by atoms with Crippen LogP contribution in [0.1, 0.15) is 29.8 Å². The Bertz CT molecular complexity index is 366.